The molecular formula is C33H63N4O6P. The molecule has 1 aliphatic rings. The van der Waals surface area contributed by atoms with Crippen molar-refractivity contribution in [1.82, 2.24) is 15.3 Å². The van der Waals surface area contributed by atoms with Crippen molar-refractivity contribution in [2.75, 3.05) is 50.9 Å². The van der Waals surface area contributed by atoms with Gasteiger partial charge in [0.1, 0.15) is 5.69 Å². The molecule has 11 heteroatoms. The summed E-state index contributed by atoms with van der Waals surface area (Å²) >= 11 is 0. The van der Waals surface area contributed by atoms with Gasteiger partial charge in [0.05, 0.1) is 25.1 Å². The summed E-state index contributed by atoms with van der Waals surface area (Å²) in [4.78, 5) is 28.5. The average Bonchev–Trinajstić information content (AvgIpc) is 3.41. The number of nitrogens with one attached hydrogen (secondary N) is 4. The van der Waals surface area contributed by atoms with E-state index in [0.29, 0.717) is 63.4 Å². The van der Waals surface area contributed by atoms with Crippen LogP contribution in [0.3, 0.4) is 0 Å². The number of hydrogen-bond acceptors (Lipinski definition) is 8. The van der Waals surface area contributed by atoms with Gasteiger partial charge in [-0.05, 0) is 32.7 Å². The Labute approximate surface area is 265 Å². The van der Waals surface area contributed by atoms with Gasteiger partial charge in [-0.2, -0.15) is 0 Å². The molecule has 0 aromatic carbocycles. The van der Waals surface area contributed by atoms with Gasteiger partial charge in [0.25, 0.3) is 5.56 Å². The molecule has 0 saturated carbocycles. The Morgan fingerprint density at radius 1 is 0.750 bits per heavy atom. The lowest BCUT2D eigenvalue weighted by Crippen LogP contribution is -2.27. The fourth-order valence-electron chi connectivity index (χ4n) is 5.95. The summed E-state index contributed by atoms with van der Waals surface area (Å²) in [7, 11) is -3.10. The Bertz CT molecular complexity index is 1020. The van der Waals surface area contributed by atoms with Gasteiger partial charge in [-0.15, -0.1) is 0 Å². The molecule has 2 atom stereocenters. The summed E-state index contributed by atoms with van der Waals surface area (Å²) in [5, 5.41) is 15.2. The molecule has 10 nitrogen and oxygen atoms in total. The molecule has 1 aromatic rings. The van der Waals surface area contributed by atoms with Crippen LogP contribution in [0.25, 0.3) is 0 Å². The van der Waals surface area contributed by atoms with Crippen LogP contribution in [0.2, 0.25) is 0 Å². The van der Waals surface area contributed by atoms with Gasteiger partial charge in [0.15, 0.2) is 0 Å². The number of aliphatic hydroxyl groups excluding tert-OH is 1. The maximum absolute atomic E-state index is 13.1. The number of anilines is 1. The number of hydrogen-bond donors (Lipinski definition) is 5. The molecule has 1 aliphatic heterocycles. The molecule has 0 bridgehead atoms. The highest BCUT2D eigenvalue weighted by molar-refractivity contribution is 7.53. The molecule has 2 rings (SSSR count). The molecule has 0 aliphatic carbocycles. The first-order chi connectivity index (χ1) is 21.5. The predicted molar refractivity (Wildman–Crippen MR) is 181 cm³/mol. The predicted octanol–water partition coefficient (Wildman–Crippen LogP) is 7.20. The smallest absolute Gasteiger partial charge is 0.330 e. The topological polar surface area (TPSA) is 146 Å². The number of aromatic nitrogens is 2. The van der Waals surface area contributed by atoms with E-state index in [1.54, 1.807) is 0 Å². The second-order valence-corrected chi connectivity index (χ2v) is 14.5. The van der Waals surface area contributed by atoms with Crippen LogP contribution in [0.15, 0.2) is 9.59 Å². The van der Waals surface area contributed by atoms with Crippen LogP contribution in [-0.2, 0) is 13.6 Å². The van der Waals surface area contributed by atoms with E-state index in [1.165, 1.54) is 103 Å². The van der Waals surface area contributed by atoms with Crippen LogP contribution in [0, 0.1) is 0 Å². The van der Waals surface area contributed by atoms with E-state index in [0.717, 1.165) is 19.3 Å². The van der Waals surface area contributed by atoms with Crippen LogP contribution in [0.1, 0.15) is 147 Å². The zero-order chi connectivity index (χ0) is 31.7. The van der Waals surface area contributed by atoms with Crippen LogP contribution >= 0.6 is 7.60 Å². The van der Waals surface area contributed by atoms with Gasteiger partial charge < -0.3 is 29.8 Å². The maximum Gasteiger partial charge on any atom is 0.330 e. The molecule has 2 heterocycles. The lowest BCUT2D eigenvalue weighted by molar-refractivity contribution is 0.207. The minimum Gasteiger partial charge on any atom is -0.396 e. The van der Waals surface area contributed by atoms with Crippen molar-refractivity contribution in [3.8, 4) is 0 Å². The van der Waals surface area contributed by atoms with Crippen molar-refractivity contribution >= 4 is 13.3 Å². The van der Waals surface area contributed by atoms with Crippen molar-refractivity contribution in [3.63, 3.8) is 0 Å². The molecule has 0 spiro atoms. The van der Waals surface area contributed by atoms with E-state index >= 15 is 0 Å². The summed E-state index contributed by atoms with van der Waals surface area (Å²) in [6.45, 7) is 4.86. The van der Waals surface area contributed by atoms with Crippen molar-refractivity contribution in [3.05, 3.63) is 26.5 Å². The van der Waals surface area contributed by atoms with E-state index in [4.69, 9.17) is 14.2 Å². The van der Waals surface area contributed by atoms with E-state index < -0.39 is 18.8 Å². The first-order valence-corrected chi connectivity index (χ1v) is 19.5. The van der Waals surface area contributed by atoms with E-state index in [9.17, 15) is 14.2 Å². The normalized spacial score (nSPS) is 15.7. The van der Waals surface area contributed by atoms with E-state index in [-0.39, 0.29) is 5.92 Å². The monoisotopic (exact) mass is 642 g/mol. The lowest BCUT2D eigenvalue weighted by Gasteiger charge is -2.18. The first kappa shape index (κ1) is 38.7. The van der Waals surface area contributed by atoms with Gasteiger partial charge in [-0.1, -0.05) is 109 Å². The Morgan fingerprint density at radius 2 is 1.27 bits per heavy atom. The summed E-state index contributed by atoms with van der Waals surface area (Å²) in [5.41, 5.74) is 0.192. The highest BCUT2D eigenvalue weighted by Crippen LogP contribution is 2.48. The highest BCUT2D eigenvalue weighted by atomic mass is 31.2. The summed E-state index contributed by atoms with van der Waals surface area (Å²) in [6.07, 6.45) is 25.3. The lowest BCUT2D eigenvalue weighted by atomic mass is 10.0. The Kier molecular flexibility index (Phi) is 21.8. The quantitative estimate of drug-likeness (QED) is 0.0437. The third-order valence-electron chi connectivity index (χ3n) is 8.50. The number of fused-ring (bicyclic) bond motifs is 1. The number of aromatic amines is 2. The molecular weight excluding hydrogens is 579 g/mol. The average molecular weight is 643 g/mol. The minimum atomic E-state index is -3.10. The molecule has 0 fully saturated rings. The van der Waals surface area contributed by atoms with Crippen LogP contribution in [0.4, 0.5) is 5.69 Å². The Morgan fingerprint density at radius 3 is 1.80 bits per heavy atom. The molecule has 0 saturated heterocycles. The second kappa shape index (κ2) is 24.7. The Hall–Kier alpha value is -1.45. The molecule has 0 radical (unpaired) electrons. The molecule has 256 valence electrons. The summed E-state index contributed by atoms with van der Waals surface area (Å²) < 4.78 is 24.4. The van der Waals surface area contributed by atoms with Gasteiger partial charge in [0.2, 0.25) is 0 Å². The third kappa shape index (κ3) is 17.3. The zero-order valence-corrected chi connectivity index (χ0v) is 28.5. The summed E-state index contributed by atoms with van der Waals surface area (Å²) in [5.74, 6) is 0.00404. The number of aliphatic hydroxyl groups is 1. The summed E-state index contributed by atoms with van der Waals surface area (Å²) in [6, 6.07) is 0. The first-order valence-electron chi connectivity index (χ1n) is 17.8. The maximum atomic E-state index is 13.1. The second-order valence-electron chi connectivity index (χ2n) is 12.4. The SMILES string of the molecule is CCOP(=O)(CCCNCC1CNc2c1[nH]c(=O)[nH]c2=O)OCCCCCCCCCCCCCCCCCCCCCO. The van der Waals surface area contributed by atoms with Crippen LogP contribution in [-0.4, -0.2) is 60.7 Å². The fourth-order valence-corrected chi connectivity index (χ4v) is 7.63. The van der Waals surface area contributed by atoms with Crippen molar-refractivity contribution in [1.29, 1.82) is 0 Å². The molecule has 44 heavy (non-hydrogen) atoms. The van der Waals surface area contributed by atoms with Gasteiger partial charge in [-0.3, -0.25) is 14.3 Å². The van der Waals surface area contributed by atoms with Crippen molar-refractivity contribution in [2.45, 2.75) is 141 Å². The van der Waals surface area contributed by atoms with Crippen molar-refractivity contribution < 1.29 is 18.7 Å². The molecule has 5 N–H and O–H groups in total. The Balaban J connectivity index is 1.38. The largest absolute Gasteiger partial charge is 0.396 e. The number of unbranched alkanes of at least 4 members (excludes halogenated alkanes) is 18. The van der Waals surface area contributed by atoms with Gasteiger partial charge in [-0.25, -0.2) is 4.79 Å². The minimum absolute atomic E-state index is 0.00404. The fraction of sp³-hybridized carbons (Fsp3) is 0.879. The van der Waals surface area contributed by atoms with Crippen molar-refractivity contribution in [2.24, 2.45) is 0 Å². The van der Waals surface area contributed by atoms with E-state index in [2.05, 4.69) is 20.6 Å². The van der Waals surface area contributed by atoms with Gasteiger partial charge >= 0.3 is 13.3 Å². The third-order valence-corrected chi connectivity index (χ3v) is 10.6. The number of H-pyrrole nitrogens is 2. The highest BCUT2D eigenvalue weighted by Gasteiger charge is 2.26. The van der Waals surface area contributed by atoms with Crippen LogP contribution < -0.4 is 21.9 Å². The number of rotatable bonds is 30. The molecule has 1 aromatic heterocycles. The van der Waals surface area contributed by atoms with Crippen LogP contribution in [0.5, 0.6) is 0 Å². The van der Waals surface area contributed by atoms with E-state index in [1.807, 2.05) is 6.92 Å². The zero-order valence-electron chi connectivity index (χ0n) is 27.6. The molecule has 2 unspecified atom stereocenters. The van der Waals surface area contributed by atoms with Gasteiger partial charge in [0, 0.05) is 25.6 Å². The standard InChI is InChI=1S/C33H63N4O6P/c1-2-42-44(41,26-22-23-34-27-29-28-35-31-30(29)36-33(40)37-32(31)39)43-25-21-19-17-15-13-11-9-7-5-3-4-6-8-10-12-14-16-18-20-24-38/h29,34-35,38H,2-28H2,1H3,(H2,36,37,39,40). The molecule has 0 amide bonds.